The molecule has 4 rings (SSSR count). The monoisotopic (exact) mass is 440 g/mol. The van der Waals surface area contributed by atoms with E-state index in [9.17, 15) is 14.2 Å². The van der Waals surface area contributed by atoms with E-state index in [1.807, 2.05) is 55.1 Å². The van der Waals surface area contributed by atoms with Crippen LogP contribution < -0.4 is 30.1 Å². The van der Waals surface area contributed by atoms with Gasteiger partial charge in [0.1, 0.15) is 22.9 Å². The predicted molar refractivity (Wildman–Crippen MR) is 123 cm³/mol. The molecule has 0 saturated heterocycles. The zero-order valence-corrected chi connectivity index (χ0v) is 18.5. The van der Waals surface area contributed by atoms with Crippen molar-refractivity contribution in [3.63, 3.8) is 0 Å². The Morgan fingerprint density at radius 3 is 2.10 bits per heavy atom. The second kappa shape index (κ2) is 8.60. The van der Waals surface area contributed by atoms with Gasteiger partial charge in [-0.2, -0.15) is 0 Å². The molecule has 1 heterocycles. The van der Waals surface area contributed by atoms with Gasteiger partial charge in [-0.15, -0.1) is 0 Å². The lowest BCUT2D eigenvalue weighted by atomic mass is 10.2. The first-order valence-electron chi connectivity index (χ1n) is 10.3. The van der Waals surface area contributed by atoms with Gasteiger partial charge in [0, 0.05) is 19.6 Å². The molecule has 0 spiro atoms. The topological polar surface area (TPSA) is 84.9 Å². The lowest BCUT2D eigenvalue weighted by Gasteiger charge is -2.27. The van der Waals surface area contributed by atoms with E-state index in [1.165, 1.54) is 0 Å². The summed E-state index contributed by atoms with van der Waals surface area (Å²) in [5.41, 5.74) is 1.44. The maximum Gasteiger partial charge on any atom is 0.432 e. The average molecular weight is 440 g/mol. The van der Waals surface area contributed by atoms with Crippen molar-refractivity contribution in [2.45, 2.75) is 20.3 Å². The number of hydrogen-bond donors (Lipinski definition) is 1. The Kier molecular flexibility index (Phi) is 5.88. The number of aryl methyl sites for hydroxylation is 2. The summed E-state index contributed by atoms with van der Waals surface area (Å²) in [6, 6.07) is 14.7. The summed E-state index contributed by atoms with van der Waals surface area (Å²) < 4.78 is 25.8. The summed E-state index contributed by atoms with van der Waals surface area (Å²) >= 11 is 0. The van der Waals surface area contributed by atoms with Gasteiger partial charge in [0.05, 0.1) is 6.16 Å². The van der Waals surface area contributed by atoms with Gasteiger partial charge < -0.3 is 19.3 Å². The van der Waals surface area contributed by atoms with Gasteiger partial charge >= 0.3 is 7.60 Å². The van der Waals surface area contributed by atoms with Crippen molar-refractivity contribution < 1.29 is 13.6 Å². The number of hydrogen-bond acceptors (Lipinski definition) is 7. The first kappa shape index (κ1) is 21.2. The van der Waals surface area contributed by atoms with Crippen LogP contribution in [0.2, 0.25) is 0 Å². The predicted octanol–water partition coefficient (Wildman–Crippen LogP) is 3.87. The molecule has 162 valence electrons. The van der Waals surface area contributed by atoms with Gasteiger partial charge in [0.15, 0.2) is 0 Å². The minimum atomic E-state index is -3.64. The highest BCUT2D eigenvalue weighted by atomic mass is 31.2. The van der Waals surface area contributed by atoms with Gasteiger partial charge in [-0.05, 0) is 43.5 Å². The fraction of sp³-hybridized carbons (Fsp3) is 0.304. The summed E-state index contributed by atoms with van der Waals surface area (Å²) in [5, 5.41) is 3.02. The second-order valence-electron chi connectivity index (χ2n) is 7.70. The van der Waals surface area contributed by atoms with Crippen LogP contribution in [0.4, 0.5) is 11.4 Å². The van der Waals surface area contributed by atoms with Gasteiger partial charge in [-0.1, -0.05) is 36.4 Å². The highest BCUT2D eigenvalue weighted by molar-refractivity contribution is 7.54. The summed E-state index contributed by atoms with van der Waals surface area (Å²) in [7, 11) is -3.64. The van der Waals surface area contributed by atoms with Crippen LogP contribution in [0.3, 0.4) is 0 Å². The Labute approximate surface area is 180 Å². The minimum Gasteiger partial charge on any atom is -0.416 e. The van der Waals surface area contributed by atoms with Crippen molar-refractivity contribution in [2.24, 2.45) is 0 Å². The van der Waals surface area contributed by atoms with E-state index in [1.54, 1.807) is 12.1 Å². The van der Waals surface area contributed by atoms with Crippen molar-refractivity contribution >= 4 is 19.0 Å². The maximum absolute atomic E-state index is 13.9. The number of para-hydroxylation sites is 2. The quantitative estimate of drug-likeness (QED) is 0.441. The molecule has 1 N–H and O–H groups in total. The third-order valence-corrected chi connectivity index (χ3v) is 7.11. The molecule has 3 aromatic carbocycles. The van der Waals surface area contributed by atoms with E-state index in [0.717, 1.165) is 17.5 Å². The Morgan fingerprint density at radius 2 is 1.52 bits per heavy atom. The van der Waals surface area contributed by atoms with Crippen LogP contribution in [0.15, 0.2) is 58.1 Å². The molecule has 0 saturated carbocycles. The van der Waals surface area contributed by atoms with Crippen LogP contribution in [0.25, 0.3) is 0 Å². The average Bonchev–Trinajstić information content (AvgIpc) is 2.95. The molecule has 0 amide bonds. The fourth-order valence-electron chi connectivity index (χ4n) is 3.63. The van der Waals surface area contributed by atoms with Crippen LogP contribution >= 0.6 is 7.60 Å². The Balaban J connectivity index is 1.60. The summed E-state index contributed by atoms with van der Waals surface area (Å²) in [6.07, 6.45) is 0.823. The third kappa shape index (κ3) is 4.37. The number of benzene rings is 2. The molecule has 0 atom stereocenters. The smallest absolute Gasteiger partial charge is 0.416 e. The van der Waals surface area contributed by atoms with E-state index in [-0.39, 0.29) is 12.7 Å². The van der Waals surface area contributed by atoms with E-state index in [4.69, 9.17) is 9.05 Å². The number of anilines is 2. The fourth-order valence-corrected chi connectivity index (χ4v) is 5.35. The van der Waals surface area contributed by atoms with E-state index in [0.29, 0.717) is 36.0 Å². The standard InChI is InChI=1S/C23H25N2O5P/c1-16-8-3-5-10-18(16)29-31(28,30-19-11-6-4-9-17(19)2)15-14-25-13-7-12-24-20-21(25)23(27)22(20)26/h3-6,8-11,24H,7,12-15H2,1-2H3. The highest BCUT2D eigenvalue weighted by Crippen LogP contribution is 2.49. The van der Waals surface area contributed by atoms with Gasteiger partial charge in [0.25, 0.3) is 10.9 Å². The molecule has 0 aliphatic carbocycles. The van der Waals surface area contributed by atoms with Crippen molar-refractivity contribution in [1.82, 2.24) is 0 Å². The molecule has 31 heavy (non-hydrogen) atoms. The number of rotatable bonds is 7. The number of fused-ring (bicyclic) bond motifs is 1. The molecular formula is C23H25N2O5P. The molecular weight excluding hydrogens is 415 g/mol. The van der Waals surface area contributed by atoms with Crippen LogP contribution in [0, 0.1) is 13.8 Å². The van der Waals surface area contributed by atoms with Crippen molar-refractivity contribution in [3.8, 4) is 11.5 Å². The van der Waals surface area contributed by atoms with Gasteiger partial charge in [0.2, 0.25) is 0 Å². The molecule has 0 fully saturated rings. The lowest BCUT2D eigenvalue weighted by Crippen LogP contribution is -2.42. The molecule has 0 unspecified atom stereocenters. The van der Waals surface area contributed by atoms with E-state index < -0.39 is 18.5 Å². The largest absolute Gasteiger partial charge is 0.432 e. The minimum absolute atomic E-state index is 0.0634. The molecule has 3 aromatic rings. The highest BCUT2D eigenvalue weighted by Gasteiger charge is 2.33. The van der Waals surface area contributed by atoms with E-state index >= 15 is 0 Å². The van der Waals surface area contributed by atoms with Gasteiger partial charge in [-0.3, -0.25) is 9.59 Å². The molecule has 8 heteroatoms. The van der Waals surface area contributed by atoms with Crippen molar-refractivity contribution in [3.05, 3.63) is 80.1 Å². The first-order valence-corrected chi connectivity index (χ1v) is 12.0. The number of nitrogens with one attached hydrogen (secondary N) is 1. The SMILES string of the molecule is Cc1ccccc1OP(=O)(CCN1CCCNc2c1c(=O)c2=O)Oc1ccccc1C. The Morgan fingerprint density at radius 1 is 0.935 bits per heavy atom. The van der Waals surface area contributed by atoms with Crippen LogP contribution in [0.1, 0.15) is 17.5 Å². The molecule has 0 bridgehead atoms. The maximum atomic E-state index is 13.9. The molecule has 1 aliphatic rings. The number of nitrogens with zero attached hydrogens (tertiary/aromatic N) is 1. The molecule has 7 nitrogen and oxygen atoms in total. The zero-order valence-electron chi connectivity index (χ0n) is 17.6. The lowest BCUT2D eigenvalue weighted by molar-refractivity contribution is 0.383. The van der Waals surface area contributed by atoms with Gasteiger partial charge in [-0.25, -0.2) is 4.57 Å². The second-order valence-corrected chi connectivity index (χ2v) is 9.73. The third-order valence-electron chi connectivity index (χ3n) is 5.41. The molecule has 0 radical (unpaired) electrons. The summed E-state index contributed by atoms with van der Waals surface area (Å²) in [4.78, 5) is 25.8. The summed E-state index contributed by atoms with van der Waals surface area (Å²) in [6.45, 7) is 5.23. The van der Waals surface area contributed by atoms with Crippen LogP contribution in [-0.2, 0) is 4.57 Å². The Hall–Kier alpha value is -3.05. The normalized spacial score (nSPS) is 13.9. The Bertz CT molecular complexity index is 1160. The zero-order chi connectivity index (χ0) is 22.0. The van der Waals surface area contributed by atoms with Crippen LogP contribution in [-0.4, -0.2) is 25.8 Å². The summed E-state index contributed by atoms with van der Waals surface area (Å²) in [5.74, 6) is 0.985. The first-order chi connectivity index (χ1) is 14.9. The van der Waals surface area contributed by atoms with Crippen LogP contribution in [0.5, 0.6) is 11.5 Å². The molecule has 0 aromatic heterocycles. The van der Waals surface area contributed by atoms with Crippen molar-refractivity contribution in [2.75, 3.05) is 36.0 Å². The van der Waals surface area contributed by atoms with E-state index in [2.05, 4.69) is 5.32 Å². The molecule has 1 aliphatic heterocycles. The van der Waals surface area contributed by atoms with Crippen molar-refractivity contribution in [1.29, 1.82) is 0 Å².